The first kappa shape index (κ1) is 16.0. The highest BCUT2D eigenvalue weighted by Crippen LogP contribution is 2.31. The average Bonchev–Trinajstić information content (AvgIpc) is 2.98. The molecule has 0 fully saturated rings. The van der Waals surface area contributed by atoms with Gasteiger partial charge in [-0.3, -0.25) is 4.79 Å². The largest absolute Gasteiger partial charge is 0.379 e. The molecule has 122 valence electrons. The summed E-state index contributed by atoms with van der Waals surface area (Å²) in [4.78, 5) is 13.2. The van der Waals surface area contributed by atoms with Crippen molar-refractivity contribution in [2.24, 2.45) is 0 Å². The van der Waals surface area contributed by atoms with Gasteiger partial charge >= 0.3 is 10.1 Å². The highest BCUT2D eigenvalue weighted by Gasteiger charge is 2.25. The van der Waals surface area contributed by atoms with Gasteiger partial charge in [0.1, 0.15) is 10.6 Å². The second-order valence-electron chi connectivity index (χ2n) is 5.39. The maximum atomic E-state index is 12.4. The molecule has 7 heteroatoms. The van der Waals surface area contributed by atoms with E-state index in [2.05, 4.69) is 0 Å². The van der Waals surface area contributed by atoms with Crippen molar-refractivity contribution in [3.8, 4) is 11.8 Å². The molecule has 3 rings (SSSR count). The first-order valence-electron chi connectivity index (χ1n) is 7.26. The number of anilines is 1. The normalized spacial score (nSPS) is 13.2. The molecule has 0 bridgehead atoms. The van der Waals surface area contributed by atoms with E-state index in [4.69, 9.17) is 9.44 Å². The van der Waals surface area contributed by atoms with Crippen molar-refractivity contribution in [3.63, 3.8) is 0 Å². The number of benzene rings is 2. The van der Waals surface area contributed by atoms with Crippen molar-refractivity contribution in [1.82, 2.24) is 0 Å². The van der Waals surface area contributed by atoms with Gasteiger partial charge in [-0.1, -0.05) is 6.07 Å². The Hall–Kier alpha value is -2.85. The van der Waals surface area contributed by atoms with E-state index >= 15 is 0 Å². The third-order valence-electron chi connectivity index (χ3n) is 3.78. The quantitative estimate of drug-likeness (QED) is 0.798. The lowest BCUT2D eigenvalue weighted by atomic mass is 10.2. The van der Waals surface area contributed by atoms with Gasteiger partial charge in [0, 0.05) is 19.2 Å². The lowest BCUT2D eigenvalue weighted by Gasteiger charge is -2.15. The number of carbonyl (C=O) groups excluding carboxylic acids is 1. The van der Waals surface area contributed by atoms with Gasteiger partial charge in [-0.2, -0.15) is 13.7 Å². The minimum Gasteiger partial charge on any atom is -0.379 e. The number of hydrogen-bond donors (Lipinski definition) is 0. The molecule has 1 aliphatic rings. The maximum absolute atomic E-state index is 12.4. The SMILES string of the molecule is CC(=O)N1CCc2cc(S(=O)(=O)Oc3cccc(C#N)c3)ccc21. The van der Waals surface area contributed by atoms with Crippen molar-refractivity contribution < 1.29 is 17.4 Å². The minimum absolute atomic E-state index is 0.0222. The number of nitrogens with zero attached hydrogens (tertiary/aromatic N) is 2. The maximum Gasteiger partial charge on any atom is 0.339 e. The monoisotopic (exact) mass is 342 g/mol. The number of fused-ring (bicyclic) bond motifs is 1. The lowest BCUT2D eigenvalue weighted by Crippen LogP contribution is -2.25. The summed E-state index contributed by atoms with van der Waals surface area (Å²) in [5, 5.41) is 8.87. The van der Waals surface area contributed by atoms with Crippen molar-refractivity contribution in [1.29, 1.82) is 5.26 Å². The number of hydrogen-bond acceptors (Lipinski definition) is 5. The molecule has 1 aliphatic heterocycles. The van der Waals surface area contributed by atoms with Crippen molar-refractivity contribution in [2.75, 3.05) is 11.4 Å². The number of rotatable bonds is 3. The van der Waals surface area contributed by atoms with Gasteiger partial charge in [0.15, 0.2) is 0 Å². The zero-order valence-electron chi connectivity index (χ0n) is 12.9. The lowest BCUT2D eigenvalue weighted by molar-refractivity contribution is -0.116. The molecule has 0 spiro atoms. The number of nitriles is 1. The van der Waals surface area contributed by atoms with Crippen LogP contribution in [0.4, 0.5) is 5.69 Å². The first-order chi connectivity index (χ1) is 11.4. The van der Waals surface area contributed by atoms with E-state index in [0.717, 1.165) is 11.3 Å². The van der Waals surface area contributed by atoms with Crippen LogP contribution in [-0.2, 0) is 21.3 Å². The third kappa shape index (κ3) is 2.96. The van der Waals surface area contributed by atoms with Crippen molar-refractivity contribution in [3.05, 3.63) is 53.6 Å². The fourth-order valence-corrected chi connectivity index (χ4v) is 3.63. The summed E-state index contributed by atoms with van der Waals surface area (Å²) in [6.45, 7) is 2.02. The van der Waals surface area contributed by atoms with Crippen LogP contribution in [0, 0.1) is 11.3 Å². The molecule has 6 nitrogen and oxygen atoms in total. The Kier molecular flexibility index (Phi) is 3.99. The van der Waals surface area contributed by atoms with Crippen LogP contribution in [0.2, 0.25) is 0 Å². The van der Waals surface area contributed by atoms with E-state index in [-0.39, 0.29) is 16.6 Å². The van der Waals surface area contributed by atoms with Gasteiger partial charge in [0.2, 0.25) is 5.91 Å². The van der Waals surface area contributed by atoms with Gasteiger partial charge in [0.25, 0.3) is 0 Å². The van der Waals surface area contributed by atoms with E-state index in [9.17, 15) is 13.2 Å². The van der Waals surface area contributed by atoms with Gasteiger partial charge in [-0.05, 0) is 48.4 Å². The van der Waals surface area contributed by atoms with Crippen LogP contribution < -0.4 is 9.08 Å². The van der Waals surface area contributed by atoms with Crippen molar-refractivity contribution >= 4 is 21.7 Å². The molecule has 2 aromatic carbocycles. The molecule has 0 atom stereocenters. The molecular formula is C17H14N2O4S. The molecule has 0 radical (unpaired) electrons. The molecule has 24 heavy (non-hydrogen) atoms. The van der Waals surface area contributed by atoms with Crippen LogP contribution in [0.3, 0.4) is 0 Å². The predicted octanol–water partition coefficient (Wildman–Crippen LogP) is 2.23. The molecule has 0 unspecified atom stereocenters. The van der Waals surface area contributed by atoms with Crippen LogP contribution >= 0.6 is 0 Å². The van der Waals surface area contributed by atoms with Gasteiger partial charge in [-0.25, -0.2) is 0 Å². The zero-order valence-corrected chi connectivity index (χ0v) is 13.7. The summed E-state index contributed by atoms with van der Waals surface area (Å²) < 4.78 is 30.0. The molecule has 0 aliphatic carbocycles. The molecule has 2 aromatic rings. The summed E-state index contributed by atoms with van der Waals surface area (Å²) >= 11 is 0. The van der Waals surface area contributed by atoms with Crippen molar-refractivity contribution in [2.45, 2.75) is 18.2 Å². The Morgan fingerprint density at radius 1 is 1.25 bits per heavy atom. The molecule has 1 heterocycles. The highest BCUT2D eigenvalue weighted by molar-refractivity contribution is 7.87. The Morgan fingerprint density at radius 3 is 2.75 bits per heavy atom. The van der Waals surface area contributed by atoms with E-state index in [0.29, 0.717) is 18.5 Å². The summed E-state index contributed by atoms with van der Waals surface area (Å²) in [6.07, 6.45) is 0.599. The Morgan fingerprint density at radius 2 is 2.04 bits per heavy atom. The summed E-state index contributed by atoms with van der Waals surface area (Å²) in [5.74, 6) is 0.00818. The Balaban J connectivity index is 1.91. The van der Waals surface area contributed by atoms with Crippen LogP contribution in [0.5, 0.6) is 5.75 Å². The van der Waals surface area contributed by atoms with E-state index < -0.39 is 10.1 Å². The number of amides is 1. The smallest absolute Gasteiger partial charge is 0.339 e. The van der Waals surface area contributed by atoms with Crippen LogP contribution in [-0.4, -0.2) is 20.9 Å². The van der Waals surface area contributed by atoms with Gasteiger partial charge < -0.3 is 9.08 Å². The first-order valence-corrected chi connectivity index (χ1v) is 8.67. The van der Waals surface area contributed by atoms with Gasteiger partial charge in [0.05, 0.1) is 11.6 Å². The summed E-state index contributed by atoms with van der Waals surface area (Å²) in [7, 11) is -4.01. The van der Waals surface area contributed by atoms with E-state index in [1.54, 1.807) is 23.1 Å². The summed E-state index contributed by atoms with van der Waals surface area (Å²) in [6, 6.07) is 12.4. The predicted molar refractivity (Wildman–Crippen MR) is 87.1 cm³/mol. The minimum atomic E-state index is -4.01. The molecule has 0 saturated carbocycles. The fourth-order valence-electron chi connectivity index (χ4n) is 2.65. The van der Waals surface area contributed by atoms with Crippen LogP contribution in [0.25, 0.3) is 0 Å². The highest BCUT2D eigenvalue weighted by atomic mass is 32.2. The molecule has 1 amide bonds. The standard InChI is InChI=1S/C17H14N2O4S/c1-12(20)19-8-7-14-10-16(5-6-17(14)19)24(21,22)23-15-4-2-3-13(9-15)11-18/h2-6,9-10H,7-8H2,1H3. The van der Waals surface area contributed by atoms with Crippen LogP contribution in [0.1, 0.15) is 18.1 Å². The topological polar surface area (TPSA) is 87.5 Å². The van der Waals surface area contributed by atoms with Crippen LogP contribution in [0.15, 0.2) is 47.4 Å². The summed E-state index contributed by atoms with van der Waals surface area (Å²) in [5.41, 5.74) is 1.84. The zero-order chi connectivity index (χ0) is 17.3. The van der Waals surface area contributed by atoms with E-state index in [1.165, 1.54) is 31.2 Å². The fraction of sp³-hybridized carbons (Fsp3) is 0.176. The third-order valence-corrected chi connectivity index (χ3v) is 5.03. The molecule has 0 aromatic heterocycles. The van der Waals surface area contributed by atoms with E-state index in [1.807, 2.05) is 6.07 Å². The Labute approximate surface area is 140 Å². The Bertz CT molecular complexity index is 961. The van der Waals surface area contributed by atoms with Gasteiger partial charge in [-0.15, -0.1) is 0 Å². The number of carbonyl (C=O) groups is 1. The second-order valence-corrected chi connectivity index (χ2v) is 6.93. The molecule has 0 saturated heterocycles. The average molecular weight is 342 g/mol. The second kappa shape index (κ2) is 5.98. The molecular weight excluding hydrogens is 328 g/mol. The molecule has 0 N–H and O–H groups in total.